The van der Waals surface area contributed by atoms with E-state index in [1.807, 2.05) is 51.1 Å². The first-order valence-corrected chi connectivity index (χ1v) is 6.11. The standard InChI is InChI=1S/C14H22N2O2/c1-14(2,3)18-10-13(17)16-12(9-15)11-7-5-4-6-8-11/h4-8,12H,9-10,15H2,1-3H3,(H,16,17). The largest absolute Gasteiger partial charge is 0.366 e. The monoisotopic (exact) mass is 250 g/mol. The highest BCUT2D eigenvalue weighted by atomic mass is 16.5. The molecule has 0 saturated carbocycles. The first kappa shape index (κ1) is 14.7. The second-order valence-electron chi connectivity index (χ2n) is 5.17. The third kappa shape index (κ3) is 5.29. The molecule has 0 heterocycles. The molecular weight excluding hydrogens is 228 g/mol. The maximum atomic E-state index is 11.7. The zero-order valence-electron chi connectivity index (χ0n) is 11.3. The van der Waals surface area contributed by atoms with Crippen LogP contribution in [0.25, 0.3) is 0 Å². The Morgan fingerprint density at radius 3 is 2.44 bits per heavy atom. The van der Waals surface area contributed by atoms with Crippen LogP contribution in [0, 0.1) is 0 Å². The van der Waals surface area contributed by atoms with Gasteiger partial charge < -0.3 is 15.8 Å². The van der Waals surface area contributed by atoms with E-state index in [4.69, 9.17) is 10.5 Å². The lowest BCUT2D eigenvalue weighted by molar-refractivity contribution is -0.131. The molecule has 1 atom stereocenters. The minimum atomic E-state index is -0.317. The number of hydrogen-bond acceptors (Lipinski definition) is 3. The molecule has 1 aromatic carbocycles. The predicted molar refractivity (Wildman–Crippen MR) is 72.1 cm³/mol. The van der Waals surface area contributed by atoms with Gasteiger partial charge in [-0.2, -0.15) is 0 Å². The molecule has 1 amide bonds. The Hall–Kier alpha value is -1.39. The fourth-order valence-electron chi connectivity index (χ4n) is 1.48. The quantitative estimate of drug-likeness (QED) is 0.834. The van der Waals surface area contributed by atoms with Crippen molar-refractivity contribution in [1.82, 2.24) is 5.32 Å². The predicted octanol–water partition coefficient (Wildman–Crippen LogP) is 1.62. The molecule has 0 aliphatic carbocycles. The van der Waals surface area contributed by atoms with Crippen LogP contribution in [0.2, 0.25) is 0 Å². The van der Waals surface area contributed by atoms with Crippen molar-refractivity contribution in [2.24, 2.45) is 5.73 Å². The summed E-state index contributed by atoms with van der Waals surface area (Å²) >= 11 is 0. The van der Waals surface area contributed by atoms with Crippen LogP contribution in [0.3, 0.4) is 0 Å². The van der Waals surface area contributed by atoms with Crippen LogP contribution >= 0.6 is 0 Å². The second kappa shape index (κ2) is 6.52. The molecule has 0 spiro atoms. The molecule has 0 aliphatic heterocycles. The molecule has 0 aromatic heterocycles. The molecule has 0 radical (unpaired) electrons. The van der Waals surface area contributed by atoms with E-state index >= 15 is 0 Å². The number of nitrogens with two attached hydrogens (primary N) is 1. The number of carbonyl (C=O) groups excluding carboxylic acids is 1. The van der Waals surface area contributed by atoms with Gasteiger partial charge >= 0.3 is 0 Å². The average Bonchev–Trinajstić information content (AvgIpc) is 2.33. The summed E-state index contributed by atoms with van der Waals surface area (Å²) in [4.78, 5) is 11.7. The maximum Gasteiger partial charge on any atom is 0.246 e. The van der Waals surface area contributed by atoms with Gasteiger partial charge in [-0.15, -0.1) is 0 Å². The first-order valence-electron chi connectivity index (χ1n) is 6.11. The van der Waals surface area contributed by atoms with Gasteiger partial charge in [-0.05, 0) is 26.3 Å². The van der Waals surface area contributed by atoms with E-state index in [0.29, 0.717) is 6.54 Å². The Kier molecular flexibility index (Phi) is 5.31. The summed E-state index contributed by atoms with van der Waals surface area (Å²) in [5.41, 5.74) is 6.37. The van der Waals surface area contributed by atoms with Crippen LogP contribution in [0.15, 0.2) is 30.3 Å². The normalized spacial score (nSPS) is 13.1. The highest BCUT2D eigenvalue weighted by Crippen LogP contribution is 2.11. The van der Waals surface area contributed by atoms with Crippen molar-refractivity contribution in [3.8, 4) is 0 Å². The van der Waals surface area contributed by atoms with Gasteiger partial charge in [-0.3, -0.25) is 4.79 Å². The fourth-order valence-corrected chi connectivity index (χ4v) is 1.48. The van der Waals surface area contributed by atoms with Crippen molar-refractivity contribution in [2.75, 3.05) is 13.2 Å². The van der Waals surface area contributed by atoms with Crippen LogP contribution in [-0.2, 0) is 9.53 Å². The van der Waals surface area contributed by atoms with Gasteiger partial charge in [0.25, 0.3) is 0 Å². The first-order chi connectivity index (χ1) is 8.42. The van der Waals surface area contributed by atoms with Gasteiger partial charge in [0.15, 0.2) is 0 Å². The number of nitrogens with one attached hydrogen (secondary N) is 1. The molecule has 3 N–H and O–H groups in total. The molecule has 4 heteroatoms. The van der Waals surface area contributed by atoms with E-state index < -0.39 is 0 Å². The topological polar surface area (TPSA) is 64.3 Å². The Bertz CT molecular complexity index is 371. The second-order valence-corrected chi connectivity index (χ2v) is 5.17. The molecule has 1 unspecified atom stereocenters. The van der Waals surface area contributed by atoms with Crippen molar-refractivity contribution >= 4 is 5.91 Å². The van der Waals surface area contributed by atoms with E-state index in [1.54, 1.807) is 0 Å². The van der Waals surface area contributed by atoms with Crippen LogP contribution < -0.4 is 11.1 Å². The van der Waals surface area contributed by atoms with E-state index in [-0.39, 0.29) is 24.2 Å². The molecule has 0 saturated heterocycles. The van der Waals surface area contributed by atoms with Crippen LogP contribution in [-0.4, -0.2) is 24.7 Å². The molecule has 1 aromatic rings. The lowest BCUT2D eigenvalue weighted by Crippen LogP contribution is -2.37. The molecule has 0 aliphatic rings. The summed E-state index contributed by atoms with van der Waals surface area (Å²) in [5, 5.41) is 2.87. The average molecular weight is 250 g/mol. The molecule has 100 valence electrons. The lowest BCUT2D eigenvalue weighted by Gasteiger charge is -2.21. The summed E-state index contributed by atoms with van der Waals surface area (Å²) < 4.78 is 5.42. The van der Waals surface area contributed by atoms with Gasteiger partial charge in [0.1, 0.15) is 6.61 Å². The zero-order valence-corrected chi connectivity index (χ0v) is 11.3. The fraction of sp³-hybridized carbons (Fsp3) is 0.500. The van der Waals surface area contributed by atoms with Crippen LogP contribution in [0.1, 0.15) is 32.4 Å². The molecule has 0 fully saturated rings. The van der Waals surface area contributed by atoms with Crippen molar-refractivity contribution < 1.29 is 9.53 Å². The SMILES string of the molecule is CC(C)(C)OCC(=O)NC(CN)c1ccccc1. The minimum Gasteiger partial charge on any atom is -0.366 e. The maximum absolute atomic E-state index is 11.7. The Morgan fingerprint density at radius 1 is 1.33 bits per heavy atom. The number of ether oxygens (including phenoxy) is 1. The van der Waals surface area contributed by atoms with Crippen molar-refractivity contribution in [3.63, 3.8) is 0 Å². The van der Waals surface area contributed by atoms with Gasteiger partial charge in [0.2, 0.25) is 5.91 Å². The number of benzene rings is 1. The third-order valence-electron chi connectivity index (χ3n) is 2.41. The van der Waals surface area contributed by atoms with Crippen molar-refractivity contribution in [3.05, 3.63) is 35.9 Å². The van der Waals surface area contributed by atoms with Gasteiger partial charge in [0.05, 0.1) is 11.6 Å². The third-order valence-corrected chi connectivity index (χ3v) is 2.41. The molecule has 4 nitrogen and oxygen atoms in total. The van der Waals surface area contributed by atoms with Crippen molar-refractivity contribution in [2.45, 2.75) is 32.4 Å². The molecule has 18 heavy (non-hydrogen) atoms. The molecule has 1 rings (SSSR count). The van der Waals surface area contributed by atoms with Gasteiger partial charge in [-0.25, -0.2) is 0 Å². The Balaban J connectivity index is 2.51. The summed E-state index contributed by atoms with van der Waals surface area (Å²) in [5.74, 6) is -0.149. The zero-order chi connectivity index (χ0) is 13.6. The highest BCUT2D eigenvalue weighted by Gasteiger charge is 2.16. The number of amides is 1. The number of rotatable bonds is 5. The van der Waals surface area contributed by atoms with E-state index in [1.165, 1.54) is 0 Å². The van der Waals surface area contributed by atoms with Gasteiger partial charge in [0, 0.05) is 6.54 Å². The molecular formula is C14H22N2O2. The summed E-state index contributed by atoms with van der Waals surface area (Å²) in [6.45, 7) is 6.16. The lowest BCUT2D eigenvalue weighted by atomic mass is 10.1. The van der Waals surface area contributed by atoms with Crippen LogP contribution in [0.4, 0.5) is 0 Å². The number of carbonyl (C=O) groups is 1. The van der Waals surface area contributed by atoms with Crippen LogP contribution in [0.5, 0.6) is 0 Å². The Labute approximate surface area is 109 Å². The minimum absolute atomic E-state index is 0.0484. The highest BCUT2D eigenvalue weighted by molar-refractivity contribution is 5.77. The summed E-state index contributed by atoms with van der Waals surface area (Å²) in [7, 11) is 0. The van der Waals surface area contributed by atoms with Crippen molar-refractivity contribution in [1.29, 1.82) is 0 Å². The summed E-state index contributed by atoms with van der Waals surface area (Å²) in [6, 6.07) is 9.51. The van der Waals surface area contributed by atoms with E-state index in [2.05, 4.69) is 5.32 Å². The Morgan fingerprint density at radius 2 is 1.94 bits per heavy atom. The van der Waals surface area contributed by atoms with E-state index in [0.717, 1.165) is 5.56 Å². The van der Waals surface area contributed by atoms with E-state index in [9.17, 15) is 4.79 Å². The number of hydrogen-bond donors (Lipinski definition) is 2. The summed E-state index contributed by atoms with van der Waals surface area (Å²) in [6.07, 6.45) is 0. The van der Waals surface area contributed by atoms with Gasteiger partial charge in [-0.1, -0.05) is 30.3 Å². The smallest absolute Gasteiger partial charge is 0.246 e. The molecule has 0 bridgehead atoms.